The topological polar surface area (TPSA) is 84.2 Å². The molecule has 0 fully saturated rings. The Bertz CT molecular complexity index is 426. The van der Waals surface area contributed by atoms with Crippen molar-refractivity contribution in [2.24, 2.45) is 0 Å². The van der Waals surface area contributed by atoms with Crippen LogP contribution in [0.4, 0.5) is 0 Å². The Balaban J connectivity index is 2.77. The minimum atomic E-state index is -1.08. The fourth-order valence-electron chi connectivity index (χ4n) is 1.40. The van der Waals surface area contributed by atoms with E-state index in [1.807, 2.05) is 13.8 Å². The van der Waals surface area contributed by atoms with Crippen molar-refractivity contribution < 1.29 is 14.7 Å². The Morgan fingerprint density at radius 3 is 2.76 bits per heavy atom. The molecule has 0 aliphatic carbocycles. The first-order valence-corrected chi connectivity index (χ1v) is 5.50. The third-order valence-electron chi connectivity index (χ3n) is 2.60. The third kappa shape index (κ3) is 3.30. The molecule has 94 valence electrons. The summed E-state index contributed by atoms with van der Waals surface area (Å²) in [4.78, 5) is 26.4. The number of hydrogen-bond donors (Lipinski definition) is 2. The minimum Gasteiger partial charge on any atom is -0.477 e. The van der Waals surface area contributed by atoms with Gasteiger partial charge in [-0.25, -0.2) is 9.78 Å². The fraction of sp³-hybridized carbons (Fsp3) is 0.545. The highest BCUT2D eigenvalue weighted by Gasteiger charge is 2.16. The van der Waals surface area contributed by atoms with Gasteiger partial charge in [-0.1, -0.05) is 6.92 Å². The summed E-state index contributed by atoms with van der Waals surface area (Å²) >= 11 is 0. The molecule has 0 aliphatic rings. The van der Waals surface area contributed by atoms with Gasteiger partial charge in [0.25, 0.3) is 0 Å². The Morgan fingerprint density at radius 1 is 1.59 bits per heavy atom. The second kappa shape index (κ2) is 5.47. The number of rotatable bonds is 5. The first kappa shape index (κ1) is 13.2. The van der Waals surface area contributed by atoms with Gasteiger partial charge in [-0.15, -0.1) is 0 Å². The van der Waals surface area contributed by atoms with Crippen LogP contribution in [0.15, 0.2) is 6.20 Å². The average Bonchev–Trinajstić information content (AvgIpc) is 2.60. The first-order chi connectivity index (χ1) is 7.95. The van der Waals surface area contributed by atoms with Gasteiger partial charge in [-0.2, -0.15) is 0 Å². The molecule has 1 heterocycles. The molecule has 0 spiro atoms. The number of aromatic carboxylic acids is 1. The van der Waals surface area contributed by atoms with E-state index in [9.17, 15) is 9.59 Å². The van der Waals surface area contributed by atoms with Gasteiger partial charge in [0.2, 0.25) is 5.91 Å². The van der Waals surface area contributed by atoms with Gasteiger partial charge in [0.1, 0.15) is 18.1 Å². The quantitative estimate of drug-likeness (QED) is 0.796. The number of carboxylic acids is 1. The fourth-order valence-corrected chi connectivity index (χ4v) is 1.40. The van der Waals surface area contributed by atoms with Crippen LogP contribution in [0, 0.1) is 6.92 Å². The van der Waals surface area contributed by atoms with Gasteiger partial charge in [0.05, 0.1) is 6.20 Å². The van der Waals surface area contributed by atoms with E-state index >= 15 is 0 Å². The lowest BCUT2D eigenvalue weighted by Gasteiger charge is -2.13. The molecule has 0 bridgehead atoms. The van der Waals surface area contributed by atoms with Crippen LogP contribution in [0.25, 0.3) is 0 Å². The zero-order chi connectivity index (χ0) is 13.0. The van der Waals surface area contributed by atoms with Crippen molar-refractivity contribution in [3.63, 3.8) is 0 Å². The number of imidazole rings is 1. The van der Waals surface area contributed by atoms with Gasteiger partial charge in [0, 0.05) is 6.04 Å². The summed E-state index contributed by atoms with van der Waals surface area (Å²) in [5.74, 6) is -0.772. The van der Waals surface area contributed by atoms with E-state index < -0.39 is 5.97 Å². The molecule has 0 saturated heterocycles. The van der Waals surface area contributed by atoms with Gasteiger partial charge in [-0.3, -0.25) is 4.79 Å². The van der Waals surface area contributed by atoms with E-state index in [0.717, 1.165) is 6.42 Å². The molecular weight excluding hydrogens is 222 g/mol. The predicted molar refractivity (Wildman–Crippen MR) is 61.8 cm³/mol. The minimum absolute atomic E-state index is 0.0161. The van der Waals surface area contributed by atoms with Crippen molar-refractivity contribution in [2.75, 3.05) is 0 Å². The zero-order valence-electron chi connectivity index (χ0n) is 10.2. The van der Waals surface area contributed by atoms with Crippen LogP contribution in [-0.4, -0.2) is 32.6 Å². The van der Waals surface area contributed by atoms with E-state index in [0.29, 0.717) is 5.82 Å². The molecule has 1 aromatic heterocycles. The lowest BCUT2D eigenvalue weighted by atomic mass is 10.2. The van der Waals surface area contributed by atoms with Crippen LogP contribution in [0.5, 0.6) is 0 Å². The van der Waals surface area contributed by atoms with Gasteiger partial charge >= 0.3 is 5.97 Å². The summed E-state index contributed by atoms with van der Waals surface area (Å²) in [6.45, 7) is 5.52. The molecule has 17 heavy (non-hydrogen) atoms. The smallest absolute Gasteiger partial charge is 0.354 e. The van der Waals surface area contributed by atoms with Crippen LogP contribution < -0.4 is 5.32 Å². The maximum atomic E-state index is 11.7. The van der Waals surface area contributed by atoms with Crippen LogP contribution in [-0.2, 0) is 11.3 Å². The molecule has 0 radical (unpaired) electrons. The molecule has 0 aliphatic heterocycles. The summed E-state index contributed by atoms with van der Waals surface area (Å²) in [5, 5.41) is 11.7. The van der Waals surface area contributed by atoms with E-state index in [2.05, 4.69) is 10.3 Å². The highest BCUT2D eigenvalue weighted by atomic mass is 16.4. The highest BCUT2D eigenvalue weighted by Crippen LogP contribution is 2.04. The van der Waals surface area contributed by atoms with Crippen LogP contribution in [0.1, 0.15) is 36.6 Å². The summed E-state index contributed by atoms with van der Waals surface area (Å²) in [5.41, 5.74) is 0.0294. The number of carboxylic acid groups (broad SMARTS) is 1. The Hall–Kier alpha value is -1.85. The number of aryl methyl sites for hydroxylation is 1. The van der Waals surface area contributed by atoms with Crippen molar-refractivity contribution in [3.8, 4) is 0 Å². The van der Waals surface area contributed by atoms with Crippen molar-refractivity contribution in [2.45, 2.75) is 39.8 Å². The second-order valence-corrected chi connectivity index (χ2v) is 3.96. The number of carbonyl (C=O) groups excluding carboxylic acids is 1. The second-order valence-electron chi connectivity index (χ2n) is 3.96. The van der Waals surface area contributed by atoms with Crippen molar-refractivity contribution >= 4 is 11.9 Å². The van der Waals surface area contributed by atoms with Gasteiger partial charge in [-0.05, 0) is 20.3 Å². The standard InChI is InChI=1S/C11H17N3O3/c1-4-7(2)13-10(15)6-14-8(3)12-5-9(14)11(16)17/h5,7H,4,6H2,1-3H3,(H,13,15)(H,16,17). The normalized spacial score (nSPS) is 12.2. The Kier molecular flexibility index (Phi) is 4.25. The largest absolute Gasteiger partial charge is 0.477 e. The Morgan fingerprint density at radius 2 is 2.24 bits per heavy atom. The predicted octanol–water partition coefficient (Wildman–Crippen LogP) is 0.804. The van der Waals surface area contributed by atoms with E-state index in [1.165, 1.54) is 10.8 Å². The SMILES string of the molecule is CCC(C)NC(=O)Cn1c(C(=O)O)cnc1C. The van der Waals surface area contributed by atoms with Gasteiger partial charge < -0.3 is 15.0 Å². The molecule has 1 amide bonds. The van der Waals surface area contributed by atoms with Crippen molar-refractivity contribution in [1.82, 2.24) is 14.9 Å². The maximum Gasteiger partial charge on any atom is 0.354 e. The summed E-state index contributed by atoms with van der Waals surface area (Å²) in [6.07, 6.45) is 2.09. The number of nitrogens with zero attached hydrogens (tertiary/aromatic N) is 2. The van der Waals surface area contributed by atoms with Gasteiger partial charge in [0.15, 0.2) is 0 Å². The van der Waals surface area contributed by atoms with E-state index in [1.54, 1.807) is 6.92 Å². The number of carbonyl (C=O) groups is 2. The summed E-state index contributed by atoms with van der Waals surface area (Å²) in [7, 11) is 0. The van der Waals surface area contributed by atoms with Crippen molar-refractivity contribution in [3.05, 3.63) is 17.7 Å². The molecule has 6 nitrogen and oxygen atoms in total. The first-order valence-electron chi connectivity index (χ1n) is 5.50. The average molecular weight is 239 g/mol. The van der Waals surface area contributed by atoms with Crippen LogP contribution in [0.2, 0.25) is 0 Å². The molecule has 2 N–H and O–H groups in total. The van der Waals surface area contributed by atoms with Crippen LogP contribution in [0.3, 0.4) is 0 Å². The lowest BCUT2D eigenvalue weighted by Crippen LogP contribution is -2.35. The van der Waals surface area contributed by atoms with Crippen LogP contribution >= 0.6 is 0 Å². The molecule has 1 unspecified atom stereocenters. The number of nitrogens with one attached hydrogen (secondary N) is 1. The Labute approximate surface area is 99.7 Å². The third-order valence-corrected chi connectivity index (χ3v) is 2.60. The number of aromatic nitrogens is 2. The van der Waals surface area contributed by atoms with E-state index in [-0.39, 0.29) is 24.2 Å². The highest BCUT2D eigenvalue weighted by molar-refractivity contribution is 5.86. The molecule has 0 aromatic carbocycles. The molecular formula is C11H17N3O3. The summed E-state index contributed by atoms with van der Waals surface area (Å²) in [6, 6.07) is 0.0830. The van der Waals surface area contributed by atoms with E-state index in [4.69, 9.17) is 5.11 Å². The molecule has 1 aromatic rings. The zero-order valence-corrected chi connectivity index (χ0v) is 10.2. The number of hydrogen-bond acceptors (Lipinski definition) is 3. The maximum absolute atomic E-state index is 11.7. The molecule has 1 rings (SSSR count). The molecule has 1 atom stereocenters. The number of amides is 1. The monoisotopic (exact) mass is 239 g/mol. The molecule has 6 heteroatoms. The molecule has 0 saturated carbocycles. The van der Waals surface area contributed by atoms with Crippen molar-refractivity contribution in [1.29, 1.82) is 0 Å². The summed E-state index contributed by atoms with van der Waals surface area (Å²) < 4.78 is 1.39. The lowest BCUT2D eigenvalue weighted by molar-refractivity contribution is -0.122.